The Morgan fingerprint density at radius 3 is 2.80 bits per heavy atom. The highest BCUT2D eigenvalue weighted by atomic mass is 16.2. The van der Waals surface area contributed by atoms with Gasteiger partial charge < -0.3 is 10.6 Å². The third-order valence-electron chi connectivity index (χ3n) is 2.75. The number of anilines is 1. The first-order valence-electron chi connectivity index (χ1n) is 5.29. The van der Waals surface area contributed by atoms with Crippen molar-refractivity contribution in [3.8, 4) is 0 Å². The Morgan fingerprint density at radius 2 is 2.13 bits per heavy atom. The number of benzene rings is 1. The second-order valence-corrected chi connectivity index (χ2v) is 4.02. The van der Waals surface area contributed by atoms with Crippen molar-refractivity contribution >= 4 is 11.6 Å². The smallest absolute Gasteiger partial charge is 0.246 e. The molecule has 1 aliphatic heterocycles. The number of carbonyl (C=O) groups excluding carboxylic acids is 1. The van der Waals surface area contributed by atoms with E-state index in [-0.39, 0.29) is 11.9 Å². The van der Waals surface area contributed by atoms with Crippen LogP contribution in [0.15, 0.2) is 12.1 Å². The van der Waals surface area contributed by atoms with Gasteiger partial charge in [0.15, 0.2) is 0 Å². The zero-order valence-electron chi connectivity index (χ0n) is 9.35. The minimum atomic E-state index is -0.175. The van der Waals surface area contributed by atoms with Gasteiger partial charge in [-0.25, -0.2) is 0 Å². The van der Waals surface area contributed by atoms with Crippen LogP contribution in [0.2, 0.25) is 0 Å². The number of nitrogens with one attached hydrogen (secondary N) is 2. The molecule has 1 aliphatic rings. The molecular weight excluding hydrogens is 188 g/mol. The van der Waals surface area contributed by atoms with Gasteiger partial charge >= 0.3 is 0 Å². The van der Waals surface area contributed by atoms with Crippen LogP contribution in [0.3, 0.4) is 0 Å². The zero-order chi connectivity index (χ0) is 11.0. The molecule has 1 aromatic rings. The first-order chi connectivity index (χ1) is 7.13. The fourth-order valence-corrected chi connectivity index (χ4v) is 2.20. The molecule has 2 N–H and O–H groups in total. The van der Waals surface area contributed by atoms with Crippen molar-refractivity contribution < 1.29 is 4.79 Å². The highest BCUT2D eigenvalue weighted by Gasteiger charge is 2.31. The lowest BCUT2D eigenvalue weighted by Gasteiger charge is -2.12. The van der Waals surface area contributed by atoms with Crippen LogP contribution in [0, 0.1) is 13.8 Å². The molecule has 3 nitrogen and oxygen atoms in total. The fraction of sp³-hybridized carbons (Fsp3) is 0.417. The Hall–Kier alpha value is -1.35. The van der Waals surface area contributed by atoms with Crippen molar-refractivity contribution in [1.82, 2.24) is 5.32 Å². The van der Waals surface area contributed by atoms with E-state index in [1.165, 1.54) is 11.1 Å². The molecule has 0 spiro atoms. The molecule has 0 saturated heterocycles. The van der Waals surface area contributed by atoms with Crippen LogP contribution in [-0.2, 0) is 4.79 Å². The largest absolute Gasteiger partial charge is 0.324 e. The van der Waals surface area contributed by atoms with Crippen molar-refractivity contribution in [3.05, 3.63) is 28.8 Å². The number of amides is 1. The molecule has 1 heterocycles. The van der Waals surface area contributed by atoms with Gasteiger partial charge in [-0.3, -0.25) is 4.79 Å². The topological polar surface area (TPSA) is 41.1 Å². The van der Waals surface area contributed by atoms with E-state index >= 15 is 0 Å². The van der Waals surface area contributed by atoms with E-state index in [1.54, 1.807) is 0 Å². The van der Waals surface area contributed by atoms with Crippen molar-refractivity contribution in [2.75, 3.05) is 11.9 Å². The molecule has 1 amide bonds. The second kappa shape index (κ2) is 3.66. The summed E-state index contributed by atoms with van der Waals surface area (Å²) < 4.78 is 0. The number of hydrogen-bond donors (Lipinski definition) is 2. The average Bonchev–Trinajstić information content (AvgIpc) is 2.43. The maximum Gasteiger partial charge on any atom is 0.246 e. The van der Waals surface area contributed by atoms with Crippen LogP contribution in [-0.4, -0.2) is 12.5 Å². The Labute approximate surface area is 89.9 Å². The van der Waals surface area contributed by atoms with E-state index in [1.807, 2.05) is 19.9 Å². The Balaban J connectivity index is 2.48. The van der Waals surface area contributed by atoms with Gasteiger partial charge in [0.1, 0.15) is 6.04 Å². The van der Waals surface area contributed by atoms with Crippen LogP contribution in [0.1, 0.15) is 29.7 Å². The lowest BCUT2D eigenvalue weighted by Crippen LogP contribution is -2.27. The predicted molar refractivity (Wildman–Crippen MR) is 61.0 cm³/mol. The van der Waals surface area contributed by atoms with Gasteiger partial charge in [-0.2, -0.15) is 0 Å². The molecule has 80 valence electrons. The van der Waals surface area contributed by atoms with Crippen molar-refractivity contribution in [1.29, 1.82) is 0 Å². The molecule has 1 unspecified atom stereocenters. The van der Waals surface area contributed by atoms with Gasteiger partial charge in [-0.05, 0) is 37.6 Å². The van der Waals surface area contributed by atoms with Crippen molar-refractivity contribution in [3.63, 3.8) is 0 Å². The van der Waals surface area contributed by atoms with Crippen LogP contribution < -0.4 is 10.6 Å². The lowest BCUT2D eigenvalue weighted by molar-refractivity contribution is -0.117. The molecule has 3 heteroatoms. The quantitative estimate of drug-likeness (QED) is 0.772. The first-order valence-corrected chi connectivity index (χ1v) is 5.29. The van der Waals surface area contributed by atoms with Crippen LogP contribution >= 0.6 is 0 Å². The number of carbonyl (C=O) groups is 1. The number of aryl methyl sites for hydroxylation is 2. The van der Waals surface area contributed by atoms with E-state index in [0.29, 0.717) is 0 Å². The molecule has 0 saturated carbocycles. The maximum atomic E-state index is 11.7. The summed E-state index contributed by atoms with van der Waals surface area (Å²) in [5.41, 5.74) is 4.42. The monoisotopic (exact) mass is 204 g/mol. The molecule has 0 radical (unpaired) electrons. The van der Waals surface area contributed by atoms with E-state index in [4.69, 9.17) is 0 Å². The average molecular weight is 204 g/mol. The van der Waals surface area contributed by atoms with Gasteiger partial charge in [0, 0.05) is 11.3 Å². The van der Waals surface area contributed by atoms with Gasteiger partial charge in [-0.1, -0.05) is 13.0 Å². The third kappa shape index (κ3) is 1.63. The van der Waals surface area contributed by atoms with Crippen molar-refractivity contribution in [2.24, 2.45) is 0 Å². The number of hydrogen-bond acceptors (Lipinski definition) is 2. The summed E-state index contributed by atoms with van der Waals surface area (Å²) in [4.78, 5) is 11.7. The molecule has 1 aromatic carbocycles. The summed E-state index contributed by atoms with van der Waals surface area (Å²) in [6, 6.07) is 3.96. The summed E-state index contributed by atoms with van der Waals surface area (Å²) >= 11 is 0. The SMILES string of the molecule is CCNC1C(=O)Nc2cc(C)cc(C)c21. The predicted octanol–water partition coefficient (Wildman–Crippen LogP) is 1.91. The number of likely N-dealkylation sites (N-methyl/N-ethyl adjacent to an activating group) is 1. The molecule has 15 heavy (non-hydrogen) atoms. The lowest BCUT2D eigenvalue weighted by atomic mass is 10.00. The highest BCUT2D eigenvalue weighted by molar-refractivity contribution is 6.03. The number of rotatable bonds is 2. The molecule has 2 rings (SSSR count). The molecule has 0 bridgehead atoms. The Morgan fingerprint density at radius 1 is 1.40 bits per heavy atom. The molecule has 1 atom stereocenters. The fourth-order valence-electron chi connectivity index (χ4n) is 2.20. The molecular formula is C12H16N2O. The minimum Gasteiger partial charge on any atom is -0.324 e. The minimum absolute atomic E-state index is 0.0561. The van der Waals surface area contributed by atoms with E-state index in [0.717, 1.165) is 17.8 Å². The van der Waals surface area contributed by atoms with Gasteiger partial charge in [-0.15, -0.1) is 0 Å². The van der Waals surface area contributed by atoms with Crippen molar-refractivity contribution in [2.45, 2.75) is 26.8 Å². The Bertz CT molecular complexity index is 412. The van der Waals surface area contributed by atoms with Crippen LogP contribution in [0.25, 0.3) is 0 Å². The summed E-state index contributed by atoms with van der Waals surface area (Å²) in [5, 5.41) is 6.11. The zero-order valence-corrected chi connectivity index (χ0v) is 9.35. The van der Waals surface area contributed by atoms with Gasteiger partial charge in [0.25, 0.3) is 0 Å². The highest BCUT2D eigenvalue weighted by Crippen LogP contribution is 2.34. The maximum absolute atomic E-state index is 11.7. The van der Waals surface area contributed by atoms with Crippen LogP contribution in [0.5, 0.6) is 0 Å². The van der Waals surface area contributed by atoms with E-state index in [2.05, 4.69) is 23.6 Å². The first kappa shape index (κ1) is 10.2. The third-order valence-corrected chi connectivity index (χ3v) is 2.75. The second-order valence-electron chi connectivity index (χ2n) is 4.02. The van der Waals surface area contributed by atoms with Crippen LogP contribution in [0.4, 0.5) is 5.69 Å². The standard InChI is InChI=1S/C12H16N2O/c1-4-13-11-10-8(3)5-7(2)6-9(10)14-12(11)15/h5-6,11,13H,4H2,1-3H3,(H,14,15). The normalized spacial score (nSPS) is 18.9. The summed E-state index contributed by atoms with van der Waals surface area (Å²) in [7, 11) is 0. The Kier molecular flexibility index (Phi) is 2.49. The molecule has 0 aromatic heterocycles. The number of fused-ring (bicyclic) bond motifs is 1. The van der Waals surface area contributed by atoms with Gasteiger partial charge in [0.2, 0.25) is 5.91 Å². The summed E-state index contributed by atoms with van der Waals surface area (Å²) in [6.07, 6.45) is 0. The molecule has 0 fully saturated rings. The summed E-state index contributed by atoms with van der Waals surface area (Å²) in [6.45, 7) is 6.90. The molecule has 0 aliphatic carbocycles. The van der Waals surface area contributed by atoms with E-state index < -0.39 is 0 Å². The van der Waals surface area contributed by atoms with E-state index in [9.17, 15) is 4.79 Å². The van der Waals surface area contributed by atoms with Gasteiger partial charge in [0.05, 0.1) is 0 Å². The summed E-state index contributed by atoms with van der Waals surface area (Å²) in [5.74, 6) is 0.0561.